The zero-order valence-corrected chi connectivity index (χ0v) is 21.9. The van der Waals surface area contributed by atoms with Crippen LogP contribution in [0.2, 0.25) is 0 Å². The van der Waals surface area contributed by atoms with Crippen LogP contribution in [0, 0.1) is 12.3 Å². The van der Waals surface area contributed by atoms with Crippen molar-refractivity contribution in [1.82, 2.24) is 14.8 Å². The molecule has 0 unspecified atom stereocenters. The van der Waals surface area contributed by atoms with Crippen molar-refractivity contribution in [2.75, 3.05) is 19.7 Å². The fourth-order valence-electron chi connectivity index (χ4n) is 3.76. The van der Waals surface area contributed by atoms with E-state index in [1.165, 1.54) is 16.9 Å². The first-order chi connectivity index (χ1) is 16.2. The molecule has 34 heavy (non-hydrogen) atoms. The van der Waals surface area contributed by atoms with Crippen LogP contribution in [0.1, 0.15) is 72.4 Å². The molecule has 0 spiro atoms. The van der Waals surface area contributed by atoms with Crippen molar-refractivity contribution in [3.05, 3.63) is 39.7 Å². The Bertz CT molecular complexity index is 911. The summed E-state index contributed by atoms with van der Waals surface area (Å²) in [6.45, 7) is 11.2. The predicted molar refractivity (Wildman–Crippen MR) is 135 cm³/mol. The van der Waals surface area contributed by atoms with E-state index < -0.39 is 5.60 Å². The average Bonchev–Trinajstić information content (AvgIpc) is 3.25. The van der Waals surface area contributed by atoms with Crippen LogP contribution in [0.15, 0.2) is 34.0 Å². The van der Waals surface area contributed by atoms with Gasteiger partial charge in [0.05, 0.1) is 23.4 Å². The third kappa shape index (κ3) is 8.53. The number of thiazole rings is 1. The fourth-order valence-corrected chi connectivity index (χ4v) is 4.31. The molecule has 1 saturated heterocycles. The van der Waals surface area contributed by atoms with E-state index in [0.717, 1.165) is 49.3 Å². The lowest BCUT2D eigenvalue weighted by Gasteiger charge is -2.31. The highest BCUT2D eigenvalue weighted by Crippen LogP contribution is 2.28. The highest BCUT2D eigenvalue weighted by molar-refractivity contribution is 7.07. The molecule has 0 N–H and O–H groups in total. The van der Waals surface area contributed by atoms with Gasteiger partial charge in [-0.15, -0.1) is 23.7 Å². The maximum Gasteiger partial charge on any atom is 0.410 e. The minimum atomic E-state index is -0.484. The molecule has 0 bridgehead atoms. The van der Waals surface area contributed by atoms with E-state index in [1.807, 2.05) is 33.1 Å². The Balaban J connectivity index is 0.00000129. The molecular weight excluding hydrogens is 450 g/mol. The smallest absolute Gasteiger partial charge is 0.410 e. The monoisotopic (exact) mass is 487 g/mol. The lowest BCUT2D eigenvalue weighted by molar-refractivity contribution is -0.135. The van der Waals surface area contributed by atoms with Gasteiger partial charge in [0.2, 0.25) is 0 Å². The maximum atomic E-state index is 12.6. The minimum absolute atomic E-state index is 0.0426. The van der Waals surface area contributed by atoms with Gasteiger partial charge >= 0.3 is 6.09 Å². The number of terminal acetylenes is 1. The van der Waals surface area contributed by atoms with Crippen LogP contribution >= 0.6 is 11.3 Å². The molecule has 0 radical (unpaired) electrons. The van der Waals surface area contributed by atoms with Gasteiger partial charge in [-0.05, 0) is 59.5 Å². The Labute approximate surface area is 207 Å². The molecule has 2 aliphatic heterocycles. The second-order valence-corrected chi connectivity index (χ2v) is 9.89. The number of carbonyl (C=O) groups excluding carboxylic acids is 2. The van der Waals surface area contributed by atoms with E-state index in [1.54, 1.807) is 22.2 Å². The van der Waals surface area contributed by atoms with Gasteiger partial charge in [-0.1, -0.05) is 12.5 Å². The Kier molecular flexibility index (Phi) is 10.6. The zero-order valence-electron chi connectivity index (χ0n) is 21.1. The van der Waals surface area contributed by atoms with E-state index in [4.69, 9.17) is 9.47 Å². The molecular formula is C26H37N3O4S. The third-order valence-corrected chi connectivity index (χ3v) is 5.85. The third-order valence-electron chi connectivity index (χ3n) is 5.22. The van der Waals surface area contributed by atoms with Gasteiger partial charge in [-0.3, -0.25) is 4.79 Å². The predicted octanol–water partition coefficient (Wildman–Crippen LogP) is 5.50. The molecule has 3 rings (SSSR count). The first-order valence-electron chi connectivity index (χ1n) is 11.8. The summed E-state index contributed by atoms with van der Waals surface area (Å²) in [4.78, 5) is 33.0. The largest absolute Gasteiger partial charge is 0.486 e. The fraction of sp³-hybridized carbons (Fsp3) is 0.577. The van der Waals surface area contributed by atoms with E-state index >= 15 is 0 Å². The number of amides is 2. The number of allylic oxidation sites excluding steroid dienone is 3. The second-order valence-electron chi connectivity index (χ2n) is 9.18. The number of hydrogen-bond acceptors (Lipinski definition) is 6. The SMILES string of the molecule is C#CC.CCC1=C(C=C2CCCN(C(=O)OC(C)(C)C)CCC2)N(Cc2cscn2)C(=O)CO1. The van der Waals surface area contributed by atoms with Crippen LogP contribution < -0.4 is 0 Å². The number of hydrogen-bond donors (Lipinski definition) is 0. The molecule has 186 valence electrons. The van der Waals surface area contributed by atoms with Gasteiger partial charge in [0.15, 0.2) is 6.61 Å². The molecule has 1 fully saturated rings. The van der Waals surface area contributed by atoms with Gasteiger partial charge in [0.1, 0.15) is 11.4 Å². The molecule has 7 nitrogen and oxygen atoms in total. The molecule has 1 aromatic heterocycles. The molecule has 2 amide bonds. The van der Waals surface area contributed by atoms with Crippen molar-refractivity contribution < 1.29 is 19.1 Å². The van der Waals surface area contributed by atoms with Crippen LogP contribution in [0.4, 0.5) is 4.79 Å². The zero-order chi connectivity index (χ0) is 25.1. The van der Waals surface area contributed by atoms with Gasteiger partial charge in [-0.25, -0.2) is 9.78 Å². The van der Waals surface area contributed by atoms with Crippen molar-refractivity contribution in [1.29, 1.82) is 0 Å². The highest BCUT2D eigenvalue weighted by atomic mass is 32.1. The van der Waals surface area contributed by atoms with Crippen LogP contribution in [-0.2, 0) is 20.8 Å². The number of likely N-dealkylation sites (tertiary alicyclic amines) is 1. The highest BCUT2D eigenvalue weighted by Gasteiger charge is 2.28. The van der Waals surface area contributed by atoms with Gasteiger partial charge < -0.3 is 19.3 Å². The van der Waals surface area contributed by atoms with E-state index in [-0.39, 0.29) is 18.6 Å². The Morgan fingerprint density at radius 1 is 1.32 bits per heavy atom. The van der Waals surface area contributed by atoms with E-state index in [0.29, 0.717) is 19.6 Å². The second kappa shape index (κ2) is 13.2. The normalized spacial score (nSPS) is 17.1. The number of ether oxygens (including phenoxy) is 2. The summed E-state index contributed by atoms with van der Waals surface area (Å²) in [6.07, 6.45) is 10.7. The summed E-state index contributed by atoms with van der Waals surface area (Å²) >= 11 is 1.53. The topological polar surface area (TPSA) is 72.0 Å². The summed E-state index contributed by atoms with van der Waals surface area (Å²) in [6, 6.07) is 0. The number of rotatable bonds is 4. The summed E-state index contributed by atoms with van der Waals surface area (Å²) in [7, 11) is 0. The first kappa shape index (κ1) is 27.5. The molecule has 0 aliphatic carbocycles. The van der Waals surface area contributed by atoms with Crippen molar-refractivity contribution in [3.63, 3.8) is 0 Å². The Morgan fingerprint density at radius 2 is 1.97 bits per heavy atom. The minimum Gasteiger partial charge on any atom is -0.486 e. The average molecular weight is 488 g/mol. The molecule has 2 aliphatic rings. The number of carbonyl (C=O) groups is 2. The summed E-state index contributed by atoms with van der Waals surface area (Å²) in [5, 5.41) is 1.97. The lowest BCUT2D eigenvalue weighted by atomic mass is 9.99. The number of nitrogens with zero attached hydrogens (tertiary/aromatic N) is 3. The van der Waals surface area contributed by atoms with Gasteiger partial charge in [0.25, 0.3) is 5.91 Å². The van der Waals surface area contributed by atoms with Crippen LogP contribution in [0.5, 0.6) is 0 Å². The molecule has 3 heterocycles. The number of aromatic nitrogens is 1. The molecule has 0 saturated carbocycles. The van der Waals surface area contributed by atoms with Gasteiger partial charge in [-0.2, -0.15) is 0 Å². The molecule has 1 aromatic rings. The molecule has 0 aromatic carbocycles. The standard InChI is InChI=1S/C23H33N3O4S.C3H4/c1-5-20-19(26(21(27)14-29-20)13-18-15-31-16-24-18)12-17-8-6-10-25(11-7-9-17)22(28)30-23(2,3)4;1-3-2/h12,15-16H,5-11,13-14H2,1-4H3;1H,2H3. The van der Waals surface area contributed by atoms with Crippen LogP contribution in [0.3, 0.4) is 0 Å². The Hall–Kier alpha value is -2.79. The van der Waals surface area contributed by atoms with Crippen molar-refractivity contribution in [2.45, 2.75) is 78.9 Å². The molecule has 0 atom stereocenters. The van der Waals surface area contributed by atoms with Crippen LogP contribution in [0.25, 0.3) is 0 Å². The maximum absolute atomic E-state index is 12.6. The van der Waals surface area contributed by atoms with Gasteiger partial charge in [0, 0.05) is 24.9 Å². The summed E-state index contributed by atoms with van der Waals surface area (Å²) < 4.78 is 11.3. The molecule has 8 heteroatoms. The van der Waals surface area contributed by atoms with Crippen LogP contribution in [-0.4, -0.2) is 52.1 Å². The Morgan fingerprint density at radius 3 is 2.50 bits per heavy atom. The lowest BCUT2D eigenvalue weighted by Crippen LogP contribution is -2.39. The van der Waals surface area contributed by atoms with E-state index in [9.17, 15) is 9.59 Å². The van der Waals surface area contributed by atoms with Crippen molar-refractivity contribution >= 4 is 23.3 Å². The summed E-state index contributed by atoms with van der Waals surface area (Å²) in [5.41, 5.74) is 4.32. The van der Waals surface area contributed by atoms with Crippen molar-refractivity contribution in [3.8, 4) is 12.3 Å². The van der Waals surface area contributed by atoms with E-state index in [2.05, 4.69) is 23.4 Å². The van der Waals surface area contributed by atoms with Crippen molar-refractivity contribution in [2.24, 2.45) is 0 Å². The first-order valence-corrected chi connectivity index (χ1v) is 12.7. The quantitative estimate of drug-likeness (QED) is 0.525. The summed E-state index contributed by atoms with van der Waals surface area (Å²) in [5.74, 6) is 3.05.